The molecule has 0 spiro atoms. The molecule has 0 unspecified atom stereocenters. The lowest BCUT2D eigenvalue weighted by atomic mass is 10.1. The van der Waals surface area contributed by atoms with Crippen molar-refractivity contribution in [3.63, 3.8) is 0 Å². The average Bonchev–Trinajstić information content (AvgIpc) is 2.99. The van der Waals surface area contributed by atoms with E-state index in [-0.39, 0.29) is 0 Å². The lowest BCUT2D eigenvalue weighted by Gasteiger charge is -2.18. The molecule has 0 radical (unpaired) electrons. The minimum atomic E-state index is -4.42. The maximum Gasteiger partial charge on any atom is 0.417 e. The number of nitrogens with two attached hydrogens (primary N) is 1. The maximum absolute atomic E-state index is 13.1. The number of halogens is 3. The smallest absolute Gasteiger partial charge is 0.417 e. The van der Waals surface area contributed by atoms with Gasteiger partial charge < -0.3 is 19.6 Å². The highest BCUT2D eigenvalue weighted by atomic mass is 19.4. The van der Waals surface area contributed by atoms with E-state index in [2.05, 4.69) is 4.98 Å². The van der Waals surface area contributed by atoms with Crippen molar-refractivity contribution in [1.82, 2.24) is 9.38 Å². The lowest BCUT2D eigenvalue weighted by molar-refractivity contribution is -0.137. The van der Waals surface area contributed by atoms with Crippen molar-refractivity contribution >= 4 is 5.65 Å². The second kappa shape index (κ2) is 6.21. The van der Waals surface area contributed by atoms with Gasteiger partial charge in [-0.05, 0) is 36.9 Å². The van der Waals surface area contributed by atoms with E-state index < -0.39 is 11.7 Å². The topological polar surface area (TPSA) is 61.8 Å². The van der Waals surface area contributed by atoms with Crippen molar-refractivity contribution in [3.8, 4) is 22.8 Å². The number of imidazole rings is 1. The molecule has 26 heavy (non-hydrogen) atoms. The van der Waals surface area contributed by atoms with Gasteiger partial charge in [-0.3, -0.25) is 0 Å². The fourth-order valence-electron chi connectivity index (χ4n) is 3.06. The summed E-state index contributed by atoms with van der Waals surface area (Å²) in [4.78, 5) is 4.52. The van der Waals surface area contributed by atoms with Crippen molar-refractivity contribution in [2.75, 3.05) is 19.8 Å². The van der Waals surface area contributed by atoms with Crippen LogP contribution in [0.5, 0.6) is 11.5 Å². The maximum atomic E-state index is 13.1. The van der Waals surface area contributed by atoms with E-state index in [0.717, 1.165) is 17.8 Å². The SMILES string of the molecule is NCCc1c(-c2ccc3c(c2)OCCO3)nc2ccc(C(F)(F)F)cn12. The Bertz CT molecular complexity index is 966. The van der Waals surface area contributed by atoms with Crippen LogP contribution in [0.15, 0.2) is 36.5 Å². The number of alkyl halides is 3. The summed E-state index contributed by atoms with van der Waals surface area (Å²) in [6.07, 6.45) is -2.96. The van der Waals surface area contributed by atoms with Gasteiger partial charge >= 0.3 is 6.18 Å². The summed E-state index contributed by atoms with van der Waals surface area (Å²) in [5.74, 6) is 1.24. The van der Waals surface area contributed by atoms with Crippen LogP contribution in [0.2, 0.25) is 0 Å². The Labute approximate surface area is 147 Å². The Morgan fingerprint density at radius 1 is 1.08 bits per heavy atom. The molecule has 1 aliphatic rings. The van der Waals surface area contributed by atoms with Gasteiger partial charge in [0.1, 0.15) is 18.9 Å². The van der Waals surface area contributed by atoms with Gasteiger partial charge in [-0.2, -0.15) is 13.2 Å². The molecule has 0 amide bonds. The number of rotatable bonds is 3. The van der Waals surface area contributed by atoms with Crippen molar-refractivity contribution in [2.45, 2.75) is 12.6 Å². The zero-order valence-corrected chi connectivity index (χ0v) is 13.7. The molecular weight excluding hydrogens is 347 g/mol. The third kappa shape index (κ3) is 2.86. The van der Waals surface area contributed by atoms with E-state index in [1.165, 1.54) is 10.5 Å². The monoisotopic (exact) mass is 363 g/mol. The standard InChI is InChI=1S/C18H16F3N3O2/c19-18(20,21)12-2-4-16-23-17(13(5-6-22)24(16)10-12)11-1-3-14-15(9-11)26-8-7-25-14/h1-4,9-10H,5-8,22H2. The number of benzene rings is 1. The molecule has 3 aromatic rings. The second-order valence-electron chi connectivity index (χ2n) is 5.95. The van der Waals surface area contributed by atoms with Crippen molar-refractivity contribution in [3.05, 3.63) is 47.8 Å². The molecule has 0 atom stereocenters. The average molecular weight is 363 g/mol. The quantitative estimate of drug-likeness (QED) is 0.776. The molecule has 2 aromatic heterocycles. The van der Waals surface area contributed by atoms with Gasteiger partial charge in [-0.1, -0.05) is 0 Å². The van der Waals surface area contributed by atoms with Crippen molar-refractivity contribution < 1.29 is 22.6 Å². The van der Waals surface area contributed by atoms with E-state index in [0.29, 0.717) is 54.7 Å². The zero-order valence-electron chi connectivity index (χ0n) is 13.7. The summed E-state index contributed by atoms with van der Waals surface area (Å²) < 4.78 is 51.7. The van der Waals surface area contributed by atoms with Gasteiger partial charge in [0.2, 0.25) is 0 Å². The number of nitrogens with zero attached hydrogens (tertiary/aromatic N) is 2. The Balaban J connectivity index is 1.88. The van der Waals surface area contributed by atoms with Crippen LogP contribution in [-0.4, -0.2) is 29.1 Å². The van der Waals surface area contributed by atoms with Crippen LogP contribution in [0.1, 0.15) is 11.3 Å². The summed E-state index contributed by atoms with van der Waals surface area (Å²) in [5.41, 5.74) is 7.36. The molecule has 4 rings (SSSR count). The third-order valence-corrected chi connectivity index (χ3v) is 4.24. The number of aromatic nitrogens is 2. The van der Waals surface area contributed by atoms with Gasteiger partial charge in [-0.15, -0.1) is 0 Å². The second-order valence-corrected chi connectivity index (χ2v) is 5.95. The minimum absolute atomic E-state index is 0.293. The highest BCUT2D eigenvalue weighted by Crippen LogP contribution is 2.36. The molecule has 136 valence electrons. The molecule has 0 saturated heterocycles. The number of hydrogen-bond acceptors (Lipinski definition) is 4. The minimum Gasteiger partial charge on any atom is -0.486 e. The first-order valence-electron chi connectivity index (χ1n) is 8.15. The number of ether oxygens (including phenoxy) is 2. The summed E-state index contributed by atoms with van der Waals surface area (Å²) in [7, 11) is 0. The van der Waals surface area contributed by atoms with Crippen LogP contribution in [0, 0.1) is 0 Å². The largest absolute Gasteiger partial charge is 0.486 e. The van der Waals surface area contributed by atoms with Gasteiger partial charge in [0, 0.05) is 18.2 Å². The molecular formula is C18H16F3N3O2. The van der Waals surface area contributed by atoms with Gasteiger partial charge in [0.05, 0.1) is 17.0 Å². The summed E-state index contributed by atoms with van der Waals surface area (Å²) >= 11 is 0. The van der Waals surface area contributed by atoms with Gasteiger partial charge in [0.15, 0.2) is 11.5 Å². The van der Waals surface area contributed by atoms with Crippen LogP contribution in [-0.2, 0) is 12.6 Å². The summed E-state index contributed by atoms with van der Waals surface area (Å²) in [6, 6.07) is 7.79. The van der Waals surface area contributed by atoms with Crippen LogP contribution < -0.4 is 15.2 Å². The highest BCUT2D eigenvalue weighted by Gasteiger charge is 2.31. The predicted molar refractivity (Wildman–Crippen MR) is 89.4 cm³/mol. The van der Waals surface area contributed by atoms with E-state index in [4.69, 9.17) is 15.2 Å². The molecule has 8 heteroatoms. The molecule has 1 aliphatic heterocycles. The Morgan fingerprint density at radius 2 is 1.85 bits per heavy atom. The first kappa shape index (κ1) is 16.7. The molecule has 3 heterocycles. The van der Waals surface area contributed by atoms with Gasteiger partial charge in [-0.25, -0.2) is 4.98 Å². The zero-order chi connectivity index (χ0) is 18.3. The fraction of sp³-hybridized carbons (Fsp3) is 0.278. The van der Waals surface area contributed by atoms with E-state index >= 15 is 0 Å². The number of pyridine rings is 1. The van der Waals surface area contributed by atoms with Crippen molar-refractivity contribution in [1.29, 1.82) is 0 Å². The normalized spacial score (nSPS) is 14.0. The Kier molecular flexibility index (Phi) is 3.99. The van der Waals surface area contributed by atoms with E-state index in [9.17, 15) is 13.2 Å². The molecule has 0 bridgehead atoms. The van der Waals surface area contributed by atoms with Crippen LogP contribution in [0.4, 0.5) is 13.2 Å². The lowest BCUT2D eigenvalue weighted by Crippen LogP contribution is -2.15. The first-order valence-corrected chi connectivity index (χ1v) is 8.15. The van der Waals surface area contributed by atoms with Crippen LogP contribution in [0.25, 0.3) is 16.9 Å². The molecule has 5 nitrogen and oxygen atoms in total. The molecule has 0 aliphatic carbocycles. The van der Waals surface area contributed by atoms with Gasteiger partial charge in [0.25, 0.3) is 0 Å². The summed E-state index contributed by atoms with van der Waals surface area (Å²) in [5, 5.41) is 0. The highest BCUT2D eigenvalue weighted by molar-refractivity contribution is 5.70. The van der Waals surface area contributed by atoms with E-state index in [1.54, 1.807) is 12.1 Å². The molecule has 2 N–H and O–H groups in total. The predicted octanol–water partition coefficient (Wildman–Crippen LogP) is 3.29. The fourth-order valence-corrected chi connectivity index (χ4v) is 3.06. The van der Waals surface area contributed by atoms with E-state index in [1.807, 2.05) is 6.07 Å². The Morgan fingerprint density at radius 3 is 2.58 bits per heavy atom. The molecule has 0 saturated carbocycles. The number of fused-ring (bicyclic) bond motifs is 2. The summed E-state index contributed by atoms with van der Waals surface area (Å²) in [6.45, 7) is 1.23. The third-order valence-electron chi connectivity index (χ3n) is 4.24. The number of hydrogen-bond donors (Lipinski definition) is 1. The van der Waals surface area contributed by atoms with Crippen molar-refractivity contribution in [2.24, 2.45) is 5.73 Å². The van der Waals surface area contributed by atoms with Crippen LogP contribution in [0.3, 0.4) is 0 Å². The first-order chi connectivity index (χ1) is 12.5. The molecule has 0 fully saturated rings. The molecule has 1 aromatic carbocycles. The van der Waals surface area contributed by atoms with Crippen LogP contribution >= 0.6 is 0 Å². The Hall–Kier alpha value is -2.74.